The number of halogens is 1. The van der Waals surface area contributed by atoms with Gasteiger partial charge in [-0.15, -0.1) is 0 Å². The molecule has 0 aromatic heterocycles. The van der Waals surface area contributed by atoms with Crippen molar-refractivity contribution in [2.45, 2.75) is 18.9 Å². The van der Waals surface area contributed by atoms with Gasteiger partial charge in [-0.25, -0.2) is 0 Å². The Labute approximate surface area is 121 Å². The van der Waals surface area contributed by atoms with Crippen LogP contribution in [0.2, 0.25) is 5.02 Å². The molecule has 0 saturated carbocycles. The standard InChI is InChI=1S/C13H15ClN2O4/c1-20-8-10-3-2-6-15(10)13(17)9-4-5-12(16(18)19)11(14)7-9/h4-5,7,10H,2-3,6,8H2,1H3/t10-/m0/s1. The second kappa shape index (κ2) is 6.19. The molecule has 6 nitrogen and oxygen atoms in total. The van der Waals surface area contributed by atoms with E-state index in [1.807, 2.05) is 0 Å². The van der Waals surface area contributed by atoms with Crippen LogP contribution in [0.1, 0.15) is 23.2 Å². The minimum Gasteiger partial charge on any atom is -0.383 e. The summed E-state index contributed by atoms with van der Waals surface area (Å²) in [6, 6.07) is 4.11. The zero-order chi connectivity index (χ0) is 14.7. The lowest BCUT2D eigenvalue weighted by Crippen LogP contribution is -2.38. The van der Waals surface area contributed by atoms with Gasteiger partial charge in [0.1, 0.15) is 5.02 Å². The lowest BCUT2D eigenvalue weighted by atomic mass is 10.1. The second-order valence-corrected chi connectivity index (χ2v) is 5.08. The Bertz CT molecular complexity index is 535. The molecule has 1 aromatic carbocycles. The summed E-state index contributed by atoms with van der Waals surface area (Å²) >= 11 is 5.84. The molecule has 0 aliphatic carbocycles. The maximum Gasteiger partial charge on any atom is 0.287 e. The first kappa shape index (κ1) is 14.7. The molecular formula is C13H15ClN2O4. The molecule has 1 aliphatic heterocycles. The van der Waals surface area contributed by atoms with Crippen LogP contribution in [0.3, 0.4) is 0 Å². The van der Waals surface area contributed by atoms with E-state index >= 15 is 0 Å². The largest absolute Gasteiger partial charge is 0.383 e. The van der Waals surface area contributed by atoms with Crippen LogP contribution < -0.4 is 0 Å². The molecule has 1 atom stereocenters. The predicted molar refractivity (Wildman–Crippen MR) is 74.0 cm³/mol. The third-order valence-corrected chi connectivity index (χ3v) is 3.69. The Kier molecular flexibility index (Phi) is 4.57. The molecule has 1 fully saturated rings. The third-order valence-electron chi connectivity index (χ3n) is 3.39. The summed E-state index contributed by atoms with van der Waals surface area (Å²) in [5.74, 6) is -0.165. The summed E-state index contributed by atoms with van der Waals surface area (Å²) in [5.41, 5.74) is 0.168. The summed E-state index contributed by atoms with van der Waals surface area (Å²) in [6.07, 6.45) is 1.83. The van der Waals surface area contributed by atoms with E-state index in [1.165, 1.54) is 18.2 Å². The molecule has 2 rings (SSSR count). The molecule has 1 amide bonds. The number of nitro groups is 1. The first-order valence-corrected chi connectivity index (χ1v) is 6.66. The zero-order valence-electron chi connectivity index (χ0n) is 11.0. The van der Waals surface area contributed by atoms with Crippen molar-refractivity contribution in [3.05, 3.63) is 38.9 Å². The number of ether oxygens (including phenoxy) is 1. The summed E-state index contributed by atoms with van der Waals surface area (Å²) in [5, 5.41) is 10.7. The Morgan fingerprint density at radius 1 is 1.60 bits per heavy atom. The van der Waals surface area contributed by atoms with Crippen LogP contribution >= 0.6 is 11.6 Å². The fourth-order valence-electron chi connectivity index (χ4n) is 2.42. The molecule has 1 saturated heterocycles. The van der Waals surface area contributed by atoms with Crippen molar-refractivity contribution in [1.29, 1.82) is 0 Å². The van der Waals surface area contributed by atoms with E-state index in [0.29, 0.717) is 18.7 Å². The van der Waals surface area contributed by atoms with Gasteiger partial charge in [-0.1, -0.05) is 11.6 Å². The second-order valence-electron chi connectivity index (χ2n) is 4.67. The van der Waals surface area contributed by atoms with Gasteiger partial charge in [0, 0.05) is 25.3 Å². The number of amides is 1. The number of carbonyl (C=O) groups is 1. The number of rotatable bonds is 4. The highest BCUT2D eigenvalue weighted by Crippen LogP contribution is 2.27. The first-order chi connectivity index (χ1) is 9.54. The lowest BCUT2D eigenvalue weighted by molar-refractivity contribution is -0.384. The highest BCUT2D eigenvalue weighted by molar-refractivity contribution is 6.33. The molecule has 20 heavy (non-hydrogen) atoms. The minimum absolute atomic E-state index is 0.0247. The van der Waals surface area contributed by atoms with E-state index in [9.17, 15) is 14.9 Å². The minimum atomic E-state index is -0.569. The number of benzene rings is 1. The van der Waals surface area contributed by atoms with Gasteiger partial charge >= 0.3 is 0 Å². The average Bonchev–Trinajstić information content (AvgIpc) is 2.86. The number of likely N-dealkylation sites (tertiary alicyclic amines) is 1. The van der Waals surface area contributed by atoms with E-state index in [0.717, 1.165) is 12.8 Å². The van der Waals surface area contributed by atoms with Crippen molar-refractivity contribution >= 4 is 23.2 Å². The van der Waals surface area contributed by atoms with Crippen LogP contribution in [0, 0.1) is 10.1 Å². The smallest absolute Gasteiger partial charge is 0.287 e. The molecule has 108 valence electrons. The molecule has 7 heteroatoms. The van der Waals surface area contributed by atoms with Crippen LogP contribution in [0.15, 0.2) is 18.2 Å². The summed E-state index contributed by atoms with van der Waals surface area (Å²) in [7, 11) is 1.60. The number of nitrogens with zero attached hydrogens (tertiary/aromatic N) is 2. The summed E-state index contributed by atoms with van der Waals surface area (Å²) in [4.78, 5) is 24.3. The normalized spacial score (nSPS) is 18.3. The van der Waals surface area contributed by atoms with Crippen LogP contribution in [-0.4, -0.2) is 42.0 Å². The average molecular weight is 299 g/mol. The highest BCUT2D eigenvalue weighted by Gasteiger charge is 2.29. The molecule has 0 N–H and O–H groups in total. The van der Waals surface area contributed by atoms with Crippen LogP contribution in [0.5, 0.6) is 0 Å². The number of methoxy groups -OCH3 is 1. The maximum atomic E-state index is 12.4. The van der Waals surface area contributed by atoms with E-state index in [4.69, 9.17) is 16.3 Å². The van der Waals surface area contributed by atoms with Crippen molar-refractivity contribution in [2.24, 2.45) is 0 Å². The van der Waals surface area contributed by atoms with Gasteiger partial charge in [-0.3, -0.25) is 14.9 Å². The molecule has 0 unspecified atom stereocenters. The molecule has 1 aliphatic rings. The van der Waals surface area contributed by atoms with Crippen LogP contribution in [-0.2, 0) is 4.74 Å². The number of nitro benzene ring substituents is 1. The molecule has 0 spiro atoms. The molecule has 1 heterocycles. The van der Waals surface area contributed by atoms with Crippen molar-refractivity contribution < 1.29 is 14.5 Å². The molecular weight excluding hydrogens is 284 g/mol. The highest BCUT2D eigenvalue weighted by atomic mass is 35.5. The van der Waals surface area contributed by atoms with Gasteiger partial charge in [0.25, 0.3) is 11.6 Å². The van der Waals surface area contributed by atoms with Gasteiger partial charge in [-0.2, -0.15) is 0 Å². The molecule has 1 aromatic rings. The Hall–Kier alpha value is -1.66. The van der Waals surface area contributed by atoms with Gasteiger partial charge < -0.3 is 9.64 Å². The van der Waals surface area contributed by atoms with Gasteiger partial charge in [0.15, 0.2) is 0 Å². The van der Waals surface area contributed by atoms with E-state index in [-0.39, 0.29) is 22.7 Å². The molecule has 0 radical (unpaired) electrons. The fourth-order valence-corrected chi connectivity index (χ4v) is 2.67. The van der Waals surface area contributed by atoms with Gasteiger partial charge in [0.05, 0.1) is 17.6 Å². The molecule has 0 bridgehead atoms. The zero-order valence-corrected chi connectivity index (χ0v) is 11.8. The van der Waals surface area contributed by atoms with E-state index in [1.54, 1.807) is 12.0 Å². The quantitative estimate of drug-likeness (QED) is 0.632. The Morgan fingerprint density at radius 3 is 2.95 bits per heavy atom. The van der Waals surface area contributed by atoms with Crippen molar-refractivity contribution in [3.63, 3.8) is 0 Å². The van der Waals surface area contributed by atoms with E-state index < -0.39 is 4.92 Å². The summed E-state index contributed by atoms with van der Waals surface area (Å²) in [6.45, 7) is 1.16. The topological polar surface area (TPSA) is 72.7 Å². The van der Waals surface area contributed by atoms with Crippen molar-refractivity contribution in [2.75, 3.05) is 20.3 Å². The first-order valence-electron chi connectivity index (χ1n) is 6.28. The monoisotopic (exact) mass is 298 g/mol. The maximum absolute atomic E-state index is 12.4. The van der Waals surface area contributed by atoms with Crippen molar-refractivity contribution in [1.82, 2.24) is 4.90 Å². The third kappa shape index (κ3) is 2.91. The predicted octanol–water partition coefficient (Wildman–Crippen LogP) is 2.50. The van der Waals surface area contributed by atoms with Crippen LogP contribution in [0.4, 0.5) is 5.69 Å². The number of hydrogen-bond donors (Lipinski definition) is 0. The lowest BCUT2D eigenvalue weighted by Gasteiger charge is -2.24. The van der Waals surface area contributed by atoms with Gasteiger partial charge in [0.2, 0.25) is 0 Å². The summed E-state index contributed by atoms with van der Waals surface area (Å²) < 4.78 is 5.11. The van der Waals surface area contributed by atoms with E-state index in [2.05, 4.69) is 0 Å². The van der Waals surface area contributed by atoms with Crippen molar-refractivity contribution in [3.8, 4) is 0 Å². The van der Waals surface area contributed by atoms with Gasteiger partial charge in [-0.05, 0) is 25.0 Å². The Balaban J connectivity index is 2.21. The fraction of sp³-hybridized carbons (Fsp3) is 0.462. The number of carbonyl (C=O) groups excluding carboxylic acids is 1. The van der Waals surface area contributed by atoms with Crippen LogP contribution in [0.25, 0.3) is 0 Å². The Morgan fingerprint density at radius 2 is 2.35 bits per heavy atom. The number of hydrogen-bond acceptors (Lipinski definition) is 4. The SMILES string of the molecule is COC[C@@H]1CCCN1C(=O)c1ccc([N+](=O)[O-])c(Cl)c1.